The van der Waals surface area contributed by atoms with Crippen LogP contribution in [-0.4, -0.2) is 28.7 Å². The van der Waals surface area contributed by atoms with Crippen LogP contribution < -0.4 is 16.2 Å². The van der Waals surface area contributed by atoms with Crippen molar-refractivity contribution in [1.82, 2.24) is 9.55 Å². The lowest BCUT2D eigenvalue weighted by molar-refractivity contribution is 0.483. The van der Waals surface area contributed by atoms with Crippen LogP contribution in [-0.2, 0) is 6.54 Å². The van der Waals surface area contributed by atoms with Gasteiger partial charge in [-0.25, -0.2) is 4.98 Å². The third-order valence-electron chi connectivity index (χ3n) is 4.10. The van der Waals surface area contributed by atoms with Gasteiger partial charge >= 0.3 is 0 Å². The molecular formula is C15H22N4OS. The SMILES string of the molecule is CCCCn1c(N2CCC(N)CC2)nc2ccsc2c1=O. The van der Waals surface area contributed by atoms with E-state index < -0.39 is 0 Å². The quantitative estimate of drug-likeness (QED) is 0.940. The summed E-state index contributed by atoms with van der Waals surface area (Å²) >= 11 is 1.48. The van der Waals surface area contributed by atoms with Gasteiger partial charge in [0, 0.05) is 25.7 Å². The molecule has 1 fully saturated rings. The van der Waals surface area contributed by atoms with Crippen molar-refractivity contribution < 1.29 is 0 Å². The molecule has 3 rings (SSSR count). The maximum absolute atomic E-state index is 12.7. The van der Waals surface area contributed by atoms with Gasteiger partial charge in [0.2, 0.25) is 5.95 Å². The third kappa shape index (κ3) is 2.82. The Labute approximate surface area is 128 Å². The third-order valence-corrected chi connectivity index (χ3v) is 5.00. The van der Waals surface area contributed by atoms with Crippen molar-refractivity contribution in [1.29, 1.82) is 0 Å². The van der Waals surface area contributed by atoms with E-state index >= 15 is 0 Å². The fourth-order valence-electron chi connectivity index (χ4n) is 2.79. The lowest BCUT2D eigenvalue weighted by Gasteiger charge is -2.32. The minimum absolute atomic E-state index is 0.105. The highest BCUT2D eigenvalue weighted by Gasteiger charge is 2.21. The highest BCUT2D eigenvalue weighted by atomic mass is 32.1. The lowest BCUT2D eigenvalue weighted by atomic mass is 10.1. The zero-order valence-corrected chi connectivity index (χ0v) is 13.2. The first-order chi connectivity index (χ1) is 10.2. The second-order valence-electron chi connectivity index (χ2n) is 5.68. The topological polar surface area (TPSA) is 64.2 Å². The number of piperidine rings is 1. The van der Waals surface area contributed by atoms with Crippen LogP contribution in [0.25, 0.3) is 10.2 Å². The van der Waals surface area contributed by atoms with Gasteiger partial charge in [-0.05, 0) is 30.7 Å². The fourth-order valence-corrected chi connectivity index (χ4v) is 3.57. The first-order valence-corrected chi connectivity index (χ1v) is 8.57. The molecule has 3 heterocycles. The van der Waals surface area contributed by atoms with E-state index in [4.69, 9.17) is 10.7 Å². The summed E-state index contributed by atoms with van der Waals surface area (Å²) in [5.74, 6) is 0.825. The van der Waals surface area contributed by atoms with E-state index in [1.54, 1.807) is 0 Å². The Hall–Kier alpha value is -1.40. The summed E-state index contributed by atoms with van der Waals surface area (Å²) in [6, 6.07) is 2.21. The molecule has 0 radical (unpaired) electrons. The second kappa shape index (κ2) is 6.15. The highest BCUT2D eigenvalue weighted by Crippen LogP contribution is 2.22. The molecule has 114 valence electrons. The molecule has 0 aromatic carbocycles. The van der Waals surface area contributed by atoms with E-state index in [1.165, 1.54) is 11.3 Å². The summed E-state index contributed by atoms with van der Waals surface area (Å²) in [7, 11) is 0. The zero-order valence-electron chi connectivity index (χ0n) is 12.4. The maximum Gasteiger partial charge on any atom is 0.272 e. The molecule has 0 spiro atoms. The number of fused-ring (bicyclic) bond motifs is 1. The van der Waals surface area contributed by atoms with Crippen LogP contribution in [0.4, 0.5) is 5.95 Å². The van der Waals surface area contributed by atoms with Crippen molar-refractivity contribution in [2.24, 2.45) is 5.73 Å². The Kier molecular flexibility index (Phi) is 4.26. The molecule has 1 aliphatic heterocycles. The van der Waals surface area contributed by atoms with Crippen LogP contribution in [0.1, 0.15) is 32.6 Å². The first kappa shape index (κ1) is 14.5. The van der Waals surface area contributed by atoms with Crippen LogP contribution >= 0.6 is 11.3 Å². The van der Waals surface area contributed by atoms with Gasteiger partial charge in [-0.15, -0.1) is 11.3 Å². The smallest absolute Gasteiger partial charge is 0.272 e. The molecule has 0 saturated carbocycles. The van der Waals surface area contributed by atoms with Crippen LogP contribution in [0.15, 0.2) is 16.2 Å². The molecule has 0 amide bonds. The predicted octanol–water partition coefficient (Wildman–Crippen LogP) is 2.19. The predicted molar refractivity (Wildman–Crippen MR) is 88.2 cm³/mol. The van der Waals surface area contributed by atoms with Crippen molar-refractivity contribution in [3.63, 3.8) is 0 Å². The maximum atomic E-state index is 12.7. The molecule has 0 atom stereocenters. The Bertz CT molecular complexity index is 670. The number of nitrogens with zero attached hydrogens (tertiary/aromatic N) is 3. The van der Waals surface area contributed by atoms with E-state index in [9.17, 15) is 4.79 Å². The van der Waals surface area contributed by atoms with Crippen LogP contribution in [0.5, 0.6) is 0 Å². The molecule has 1 saturated heterocycles. The monoisotopic (exact) mass is 306 g/mol. The number of thiophene rings is 1. The molecule has 2 aromatic rings. The van der Waals surface area contributed by atoms with Gasteiger partial charge in [0.25, 0.3) is 5.56 Å². The molecule has 2 aromatic heterocycles. The van der Waals surface area contributed by atoms with Crippen molar-refractivity contribution in [2.75, 3.05) is 18.0 Å². The second-order valence-corrected chi connectivity index (χ2v) is 6.60. The summed E-state index contributed by atoms with van der Waals surface area (Å²) in [6.45, 7) is 4.65. The zero-order chi connectivity index (χ0) is 14.8. The Morgan fingerprint density at radius 2 is 2.19 bits per heavy atom. The van der Waals surface area contributed by atoms with Crippen molar-refractivity contribution in [2.45, 2.75) is 45.2 Å². The largest absolute Gasteiger partial charge is 0.342 e. The molecule has 6 heteroatoms. The van der Waals surface area contributed by atoms with Gasteiger partial charge in [0.15, 0.2) is 0 Å². The van der Waals surface area contributed by atoms with Crippen LogP contribution in [0.2, 0.25) is 0 Å². The Morgan fingerprint density at radius 3 is 2.90 bits per heavy atom. The average Bonchev–Trinajstić information content (AvgIpc) is 2.96. The van der Waals surface area contributed by atoms with E-state index in [-0.39, 0.29) is 11.6 Å². The summed E-state index contributed by atoms with van der Waals surface area (Å²) < 4.78 is 2.63. The molecule has 0 aliphatic carbocycles. The van der Waals surface area contributed by atoms with E-state index in [2.05, 4.69) is 11.8 Å². The number of rotatable bonds is 4. The number of aromatic nitrogens is 2. The van der Waals surface area contributed by atoms with E-state index in [0.29, 0.717) is 0 Å². The summed E-state index contributed by atoms with van der Waals surface area (Å²) in [5.41, 5.74) is 6.91. The summed E-state index contributed by atoms with van der Waals surface area (Å²) in [4.78, 5) is 19.7. The molecule has 21 heavy (non-hydrogen) atoms. The first-order valence-electron chi connectivity index (χ1n) is 7.69. The minimum atomic E-state index is 0.105. The Balaban J connectivity index is 2.03. The number of hydrogen-bond acceptors (Lipinski definition) is 5. The molecule has 0 bridgehead atoms. The van der Waals surface area contributed by atoms with Crippen molar-refractivity contribution >= 4 is 27.5 Å². The number of anilines is 1. The summed E-state index contributed by atoms with van der Waals surface area (Å²) in [6.07, 6.45) is 3.99. The standard InChI is InChI=1S/C15H22N4OS/c1-2-3-7-19-14(20)13-12(6-10-21-13)17-15(19)18-8-4-11(16)5-9-18/h6,10-11H,2-5,7-9,16H2,1H3. The highest BCUT2D eigenvalue weighted by molar-refractivity contribution is 7.17. The van der Waals surface area contributed by atoms with Crippen molar-refractivity contribution in [3.8, 4) is 0 Å². The molecule has 2 N–H and O–H groups in total. The molecule has 0 unspecified atom stereocenters. The fraction of sp³-hybridized carbons (Fsp3) is 0.600. The van der Waals surface area contributed by atoms with Crippen LogP contribution in [0.3, 0.4) is 0 Å². The minimum Gasteiger partial charge on any atom is -0.342 e. The van der Waals surface area contributed by atoms with E-state index in [1.807, 2.05) is 16.0 Å². The number of hydrogen-bond donors (Lipinski definition) is 1. The van der Waals surface area contributed by atoms with Gasteiger partial charge in [-0.2, -0.15) is 0 Å². The van der Waals surface area contributed by atoms with Crippen LogP contribution in [0, 0.1) is 0 Å². The van der Waals surface area contributed by atoms with Gasteiger partial charge in [0.1, 0.15) is 4.70 Å². The average molecular weight is 306 g/mol. The molecule has 5 nitrogen and oxygen atoms in total. The van der Waals surface area contributed by atoms with Gasteiger partial charge in [-0.3, -0.25) is 9.36 Å². The lowest BCUT2D eigenvalue weighted by Crippen LogP contribution is -2.42. The Morgan fingerprint density at radius 1 is 1.43 bits per heavy atom. The summed E-state index contributed by atoms with van der Waals surface area (Å²) in [5, 5.41) is 1.94. The number of nitrogens with two attached hydrogens (primary N) is 1. The molecule has 1 aliphatic rings. The normalized spacial score (nSPS) is 16.8. The van der Waals surface area contributed by atoms with Gasteiger partial charge in [-0.1, -0.05) is 13.3 Å². The van der Waals surface area contributed by atoms with Crippen molar-refractivity contribution in [3.05, 3.63) is 21.8 Å². The molecular weight excluding hydrogens is 284 g/mol. The number of unbranched alkanes of at least 4 members (excludes halogenated alkanes) is 1. The van der Waals surface area contributed by atoms with E-state index in [0.717, 1.165) is 61.5 Å². The van der Waals surface area contributed by atoms with Gasteiger partial charge in [0.05, 0.1) is 5.52 Å². The van der Waals surface area contributed by atoms with Gasteiger partial charge < -0.3 is 10.6 Å².